The molecule has 128 valence electrons. The van der Waals surface area contributed by atoms with Gasteiger partial charge in [0.1, 0.15) is 11.5 Å². The summed E-state index contributed by atoms with van der Waals surface area (Å²) in [5.74, 6) is -0.554. The molecule has 1 amide bonds. The number of ether oxygens (including phenoxy) is 1. The van der Waals surface area contributed by atoms with Crippen molar-refractivity contribution in [2.24, 2.45) is 0 Å². The highest BCUT2D eigenvalue weighted by Gasteiger charge is 2.22. The van der Waals surface area contributed by atoms with Crippen LogP contribution >= 0.6 is 11.3 Å². The molecule has 25 heavy (non-hydrogen) atoms. The van der Waals surface area contributed by atoms with E-state index in [9.17, 15) is 14.0 Å². The number of benzene rings is 1. The standard InChI is InChI=1S/C17H14FN3O3S/c18-11-3-1-10(2-4-11)12-9-13(16(22)21-5-7-24-8-6-21)19-15-14(12)25-17(23)20-15/h1-4,9H,5-8H2,(H,19,20,23). The van der Waals surface area contributed by atoms with E-state index in [4.69, 9.17) is 4.74 Å². The molecular weight excluding hydrogens is 345 g/mol. The molecule has 0 unspecified atom stereocenters. The molecule has 1 aliphatic rings. The summed E-state index contributed by atoms with van der Waals surface area (Å²) in [5.41, 5.74) is 2.03. The third kappa shape index (κ3) is 3.06. The molecule has 8 heteroatoms. The van der Waals surface area contributed by atoms with Crippen LogP contribution in [0.3, 0.4) is 0 Å². The van der Waals surface area contributed by atoms with Crippen LogP contribution < -0.4 is 4.87 Å². The van der Waals surface area contributed by atoms with E-state index < -0.39 is 0 Å². The van der Waals surface area contributed by atoms with E-state index in [0.29, 0.717) is 42.2 Å². The number of hydrogen-bond acceptors (Lipinski definition) is 5. The second-order valence-electron chi connectivity index (χ2n) is 5.66. The highest BCUT2D eigenvalue weighted by Crippen LogP contribution is 2.30. The van der Waals surface area contributed by atoms with Gasteiger partial charge in [-0.15, -0.1) is 0 Å². The van der Waals surface area contributed by atoms with Crippen molar-refractivity contribution in [1.29, 1.82) is 0 Å². The number of aromatic nitrogens is 2. The second-order valence-corrected chi connectivity index (χ2v) is 6.64. The molecule has 1 N–H and O–H groups in total. The maximum absolute atomic E-state index is 13.2. The normalized spacial score (nSPS) is 14.8. The number of carbonyl (C=O) groups is 1. The Bertz CT molecular complexity index is 991. The molecule has 1 saturated heterocycles. The third-order valence-corrected chi connectivity index (χ3v) is 4.97. The Kier molecular flexibility index (Phi) is 4.06. The number of pyridine rings is 1. The first-order valence-corrected chi connectivity index (χ1v) is 8.60. The number of rotatable bonds is 2. The lowest BCUT2D eigenvalue weighted by Gasteiger charge is -2.26. The van der Waals surface area contributed by atoms with Gasteiger partial charge in [0.25, 0.3) is 5.91 Å². The molecule has 0 atom stereocenters. The largest absolute Gasteiger partial charge is 0.378 e. The topological polar surface area (TPSA) is 75.3 Å². The van der Waals surface area contributed by atoms with Gasteiger partial charge >= 0.3 is 4.87 Å². The number of amides is 1. The van der Waals surface area contributed by atoms with Gasteiger partial charge in [0.05, 0.1) is 17.9 Å². The van der Waals surface area contributed by atoms with Gasteiger partial charge in [0, 0.05) is 18.7 Å². The zero-order valence-corrected chi connectivity index (χ0v) is 13.9. The Hall–Kier alpha value is -2.58. The van der Waals surface area contributed by atoms with Gasteiger partial charge in [-0.1, -0.05) is 23.5 Å². The van der Waals surface area contributed by atoms with Crippen molar-refractivity contribution in [3.05, 3.63) is 51.5 Å². The number of hydrogen-bond donors (Lipinski definition) is 1. The predicted octanol–water partition coefficient (Wildman–Crippen LogP) is 2.26. The van der Waals surface area contributed by atoms with Gasteiger partial charge in [-0.05, 0) is 23.8 Å². The van der Waals surface area contributed by atoms with Crippen molar-refractivity contribution in [2.45, 2.75) is 0 Å². The van der Waals surface area contributed by atoms with Crippen LogP contribution in [0.1, 0.15) is 10.5 Å². The van der Waals surface area contributed by atoms with E-state index in [1.807, 2.05) is 0 Å². The average Bonchev–Trinajstić information content (AvgIpc) is 3.02. The fraction of sp³-hybridized carbons (Fsp3) is 0.235. The summed E-state index contributed by atoms with van der Waals surface area (Å²) in [6.45, 7) is 2.00. The Labute approximate surface area is 145 Å². The van der Waals surface area contributed by atoms with Gasteiger partial charge in [-0.2, -0.15) is 0 Å². The first kappa shape index (κ1) is 15.9. The lowest BCUT2D eigenvalue weighted by Crippen LogP contribution is -2.41. The number of halogens is 1. The Morgan fingerprint density at radius 2 is 1.96 bits per heavy atom. The first-order chi connectivity index (χ1) is 12.1. The molecule has 3 aromatic rings. The molecule has 4 rings (SSSR count). The van der Waals surface area contributed by atoms with E-state index in [0.717, 1.165) is 16.9 Å². The van der Waals surface area contributed by atoms with E-state index in [1.54, 1.807) is 23.1 Å². The molecule has 2 aromatic heterocycles. The smallest absolute Gasteiger partial charge is 0.306 e. The molecule has 0 bridgehead atoms. The molecule has 1 aromatic carbocycles. The minimum Gasteiger partial charge on any atom is -0.378 e. The zero-order chi connectivity index (χ0) is 17.4. The number of H-pyrrole nitrogens is 1. The quantitative estimate of drug-likeness (QED) is 0.762. The number of fused-ring (bicyclic) bond motifs is 1. The maximum atomic E-state index is 13.2. The zero-order valence-electron chi connectivity index (χ0n) is 13.1. The summed E-state index contributed by atoms with van der Waals surface area (Å²) < 4.78 is 19.1. The summed E-state index contributed by atoms with van der Waals surface area (Å²) in [4.78, 5) is 32.9. The molecule has 1 fully saturated rings. The molecule has 0 spiro atoms. The minimum atomic E-state index is -0.346. The Morgan fingerprint density at radius 1 is 1.24 bits per heavy atom. The maximum Gasteiger partial charge on any atom is 0.306 e. The van der Waals surface area contributed by atoms with Crippen molar-refractivity contribution in [1.82, 2.24) is 14.9 Å². The molecule has 3 heterocycles. The van der Waals surface area contributed by atoms with Gasteiger partial charge in [-0.3, -0.25) is 14.6 Å². The molecule has 6 nitrogen and oxygen atoms in total. The first-order valence-electron chi connectivity index (χ1n) is 7.78. The molecule has 1 aliphatic heterocycles. The lowest BCUT2D eigenvalue weighted by atomic mass is 10.1. The molecule has 0 aliphatic carbocycles. The minimum absolute atomic E-state index is 0.208. The number of thiazole rings is 1. The van der Waals surface area contributed by atoms with Crippen molar-refractivity contribution < 1.29 is 13.9 Å². The Morgan fingerprint density at radius 3 is 2.68 bits per heavy atom. The van der Waals surface area contributed by atoms with Crippen LogP contribution in [-0.2, 0) is 4.74 Å². The van der Waals surface area contributed by atoms with E-state index in [1.165, 1.54) is 12.1 Å². The number of aromatic amines is 1. The summed E-state index contributed by atoms with van der Waals surface area (Å²) in [6, 6.07) is 7.60. The lowest BCUT2D eigenvalue weighted by molar-refractivity contribution is 0.0299. The summed E-state index contributed by atoms with van der Waals surface area (Å²) in [6.07, 6.45) is 0. The van der Waals surface area contributed by atoms with Crippen molar-refractivity contribution in [3.8, 4) is 11.1 Å². The van der Waals surface area contributed by atoms with Crippen LogP contribution in [0.4, 0.5) is 4.39 Å². The van der Waals surface area contributed by atoms with Crippen molar-refractivity contribution in [2.75, 3.05) is 26.3 Å². The Balaban J connectivity index is 1.84. The third-order valence-electron chi connectivity index (χ3n) is 4.06. The van der Waals surface area contributed by atoms with Gasteiger partial charge in [0.15, 0.2) is 5.65 Å². The highest BCUT2D eigenvalue weighted by molar-refractivity contribution is 7.16. The highest BCUT2D eigenvalue weighted by atomic mass is 32.1. The number of nitrogens with one attached hydrogen (secondary N) is 1. The van der Waals surface area contributed by atoms with E-state index in [-0.39, 0.29) is 22.3 Å². The second kappa shape index (κ2) is 6.38. The van der Waals surface area contributed by atoms with E-state index in [2.05, 4.69) is 9.97 Å². The molecular formula is C17H14FN3O3S. The number of morpholine rings is 1. The van der Waals surface area contributed by atoms with Gasteiger partial charge in [0.2, 0.25) is 0 Å². The van der Waals surface area contributed by atoms with Crippen LogP contribution in [0.2, 0.25) is 0 Å². The van der Waals surface area contributed by atoms with Crippen LogP contribution in [-0.4, -0.2) is 47.1 Å². The van der Waals surface area contributed by atoms with Crippen molar-refractivity contribution in [3.63, 3.8) is 0 Å². The SMILES string of the molecule is O=C(c1cc(-c2ccc(F)cc2)c2sc(=O)[nH]c2n1)N1CCOCC1. The van der Waals surface area contributed by atoms with Crippen LogP contribution in [0.25, 0.3) is 21.5 Å². The van der Waals surface area contributed by atoms with Crippen LogP contribution in [0.15, 0.2) is 35.1 Å². The van der Waals surface area contributed by atoms with Crippen LogP contribution in [0, 0.1) is 5.82 Å². The van der Waals surface area contributed by atoms with Gasteiger partial charge in [-0.25, -0.2) is 9.37 Å². The monoisotopic (exact) mass is 359 g/mol. The molecule has 0 saturated carbocycles. The number of nitrogens with zero attached hydrogens (tertiary/aromatic N) is 2. The summed E-state index contributed by atoms with van der Waals surface area (Å²) in [7, 11) is 0. The van der Waals surface area contributed by atoms with Gasteiger partial charge < -0.3 is 9.64 Å². The fourth-order valence-electron chi connectivity index (χ4n) is 2.82. The predicted molar refractivity (Wildman–Crippen MR) is 92.4 cm³/mol. The molecule has 0 radical (unpaired) electrons. The number of carbonyl (C=O) groups excluding carboxylic acids is 1. The fourth-order valence-corrected chi connectivity index (χ4v) is 3.63. The van der Waals surface area contributed by atoms with E-state index >= 15 is 0 Å². The average molecular weight is 359 g/mol. The van der Waals surface area contributed by atoms with Crippen LogP contribution in [0.5, 0.6) is 0 Å². The summed E-state index contributed by atoms with van der Waals surface area (Å²) >= 11 is 1.02. The summed E-state index contributed by atoms with van der Waals surface area (Å²) in [5, 5.41) is 0. The van der Waals surface area contributed by atoms with Crippen molar-refractivity contribution >= 4 is 27.6 Å².